The smallest absolute Gasteiger partial charge is 0.407 e. The van der Waals surface area contributed by atoms with Gasteiger partial charge in [0.15, 0.2) is 0 Å². The predicted octanol–water partition coefficient (Wildman–Crippen LogP) is -0.739. The third-order valence-electron chi connectivity index (χ3n) is 4.13. The van der Waals surface area contributed by atoms with Gasteiger partial charge in [0.05, 0.1) is 13.2 Å². The zero-order chi connectivity index (χ0) is 18.6. The fraction of sp³-hybridized carbons (Fsp3) is 0.812. The van der Waals surface area contributed by atoms with Crippen molar-refractivity contribution in [1.29, 1.82) is 0 Å². The highest BCUT2D eigenvalue weighted by Crippen LogP contribution is 2.12. The van der Waals surface area contributed by atoms with Gasteiger partial charge < -0.3 is 30.7 Å². The molecule has 2 amide bonds. The van der Waals surface area contributed by atoms with Crippen molar-refractivity contribution in [3.8, 4) is 0 Å². The number of hydrogen-bond acceptors (Lipinski definition) is 7. The van der Waals surface area contributed by atoms with Gasteiger partial charge in [0.1, 0.15) is 11.6 Å². The summed E-state index contributed by atoms with van der Waals surface area (Å²) >= 11 is 0. The number of ether oxygens (including phenoxy) is 2. The Kier molecular flexibility index (Phi) is 6.23. The number of rotatable bonds is 4. The topological polar surface area (TPSA) is 118 Å². The first kappa shape index (κ1) is 19.5. The van der Waals surface area contributed by atoms with Crippen LogP contribution in [0.15, 0.2) is 0 Å². The fourth-order valence-corrected chi connectivity index (χ4v) is 2.99. The molecule has 0 saturated carbocycles. The minimum atomic E-state index is -0.557. The zero-order valence-corrected chi connectivity index (χ0v) is 15.2. The molecular formula is C16H28N4O5. The molecule has 2 fully saturated rings. The number of carbonyl (C=O) groups excluding carboxylic acids is 3. The second kappa shape index (κ2) is 8.01. The average Bonchev–Trinajstić information content (AvgIpc) is 3.13. The Morgan fingerprint density at radius 1 is 0.960 bits per heavy atom. The molecule has 0 radical (unpaired) electrons. The van der Waals surface area contributed by atoms with Gasteiger partial charge in [-0.15, -0.1) is 0 Å². The van der Waals surface area contributed by atoms with E-state index in [1.54, 1.807) is 20.8 Å². The SMILES string of the molecule is COC(=O)[C@H]1C[C@H](NC(=O)[C@H]2C[C@H](NC(=O)OC(C)(C)C)CN2)CN1. The van der Waals surface area contributed by atoms with Gasteiger partial charge >= 0.3 is 12.1 Å². The molecule has 9 nitrogen and oxygen atoms in total. The molecule has 0 unspecified atom stereocenters. The number of hydrogen-bond donors (Lipinski definition) is 4. The van der Waals surface area contributed by atoms with E-state index >= 15 is 0 Å². The first-order chi connectivity index (χ1) is 11.7. The fourth-order valence-electron chi connectivity index (χ4n) is 2.99. The summed E-state index contributed by atoms with van der Waals surface area (Å²) in [6, 6.07) is -1.03. The maximum atomic E-state index is 12.3. The van der Waals surface area contributed by atoms with Crippen LogP contribution in [0.5, 0.6) is 0 Å². The third-order valence-corrected chi connectivity index (χ3v) is 4.13. The van der Waals surface area contributed by atoms with Crippen LogP contribution in [0.3, 0.4) is 0 Å². The van der Waals surface area contributed by atoms with Crippen LogP contribution in [-0.2, 0) is 19.1 Å². The van der Waals surface area contributed by atoms with E-state index in [-0.39, 0.29) is 36.0 Å². The van der Waals surface area contributed by atoms with E-state index in [2.05, 4.69) is 21.3 Å². The summed E-state index contributed by atoms with van der Waals surface area (Å²) in [5.74, 6) is -0.455. The van der Waals surface area contributed by atoms with E-state index in [4.69, 9.17) is 9.47 Å². The van der Waals surface area contributed by atoms with Gasteiger partial charge in [-0.3, -0.25) is 9.59 Å². The van der Waals surface area contributed by atoms with E-state index < -0.39 is 11.7 Å². The van der Waals surface area contributed by atoms with Crippen molar-refractivity contribution < 1.29 is 23.9 Å². The lowest BCUT2D eigenvalue weighted by Gasteiger charge is -2.21. The molecule has 2 saturated heterocycles. The van der Waals surface area contributed by atoms with Crippen LogP contribution in [0.2, 0.25) is 0 Å². The van der Waals surface area contributed by atoms with Gasteiger partial charge in [0, 0.05) is 25.2 Å². The van der Waals surface area contributed by atoms with Crippen LogP contribution in [0.4, 0.5) is 4.79 Å². The number of nitrogens with one attached hydrogen (secondary N) is 4. The van der Waals surface area contributed by atoms with Crippen molar-refractivity contribution in [2.75, 3.05) is 20.2 Å². The first-order valence-electron chi connectivity index (χ1n) is 8.52. The van der Waals surface area contributed by atoms with Crippen LogP contribution < -0.4 is 21.3 Å². The van der Waals surface area contributed by atoms with Crippen LogP contribution in [0.25, 0.3) is 0 Å². The lowest BCUT2D eigenvalue weighted by atomic mass is 10.1. The lowest BCUT2D eigenvalue weighted by Crippen LogP contribution is -2.46. The summed E-state index contributed by atoms with van der Waals surface area (Å²) in [7, 11) is 1.34. The summed E-state index contributed by atoms with van der Waals surface area (Å²) in [6.45, 7) is 6.43. The average molecular weight is 356 g/mol. The Labute approximate surface area is 147 Å². The molecule has 0 spiro atoms. The molecule has 2 heterocycles. The molecule has 2 aliphatic rings. The number of methoxy groups -OCH3 is 1. The Morgan fingerprint density at radius 2 is 1.52 bits per heavy atom. The van der Waals surface area contributed by atoms with E-state index in [1.807, 2.05) is 0 Å². The van der Waals surface area contributed by atoms with Gasteiger partial charge in [-0.25, -0.2) is 4.79 Å². The molecular weight excluding hydrogens is 328 g/mol. The predicted molar refractivity (Wildman–Crippen MR) is 89.9 cm³/mol. The largest absolute Gasteiger partial charge is 0.468 e. The Bertz CT molecular complexity index is 519. The molecule has 4 atom stereocenters. The van der Waals surface area contributed by atoms with Gasteiger partial charge in [-0.05, 0) is 33.6 Å². The number of esters is 1. The summed E-state index contributed by atoms with van der Waals surface area (Å²) in [5.41, 5.74) is -0.557. The quantitative estimate of drug-likeness (QED) is 0.490. The first-order valence-corrected chi connectivity index (χ1v) is 8.52. The number of alkyl carbamates (subject to hydrolysis) is 1. The van der Waals surface area contributed by atoms with Crippen LogP contribution in [-0.4, -0.2) is 67.9 Å². The van der Waals surface area contributed by atoms with Crippen molar-refractivity contribution in [2.24, 2.45) is 0 Å². The minimum Gasteiger partial charge on any atom is -0.468 e. The van der Waals surface area contributed by atoms with E-state index in [1.165, 1.54) is 7.11 Å². The second-order valence-corrected chi connectivity index (χ2v) is 7.46. The highest BCUT2D eigenvalue weighted by Gasteiger charge is 2.35. The van der Waals surface area contributed by atoms with Crippen LogP contribution in [0, 0.1) is 0 Å². The van der Waals surface area contributed by atoms with Gasteiger partial charge in [-0.1, -0.05) is 0 Å². The van der Waals surface area contributed by atoms with Crippen molar-refractivity contribution in [3.05, 3.63) is 0 Å². The van der Waals surface area contributed by atoms with E-state index in [0.717, 1.165) is 0 Å². The Hall–Kier alpha value is -1.87. The normalized spacial score (nSPS) is 29.1. The molecule has 25 heavy (non-hydrogen) atoms. The molecule has 0 aromatic heterocycles. The van der Waals surface area contributed by atoms with Crippen LogP contribution in [0.1, 0.15) is 33.6 Å². The van der Waals surface area contributed by atoms with E-state index in [9.17, 15) is 14.4 Å². The molecule has 2 aliphatic heterocycles. The summed E-state index contributed by atoms with van der Waals surface area (Å²) < 4.78 is 9.91. The highest BCUT2D eigenvalue weighted by atomic mass is 16.6. The molecule has 142 valence electrons. The van der Waals surface area contributed by atoms with Gasteiger partial charge in [0.2, 0.25) is 5.91 Å². The molecule has 2 rings (SSSR count). The van der Waals surface area contributed by atoms with Crippen LogP contribution >= 0.6 is 0 Å². The molecule has 9 heteroatoms. The monoisotopic (exact) mass is 356 g/mol. The van der Waals surface area contributed by atoms with Gasteiger partial charge in [0.25, 0.3) is 0 Å². The molecule has 0 aromatic carbocycles. The Balaban J connectivity index is 1.73. The maximum absolute atomic E-state index is 12.3. The maximum Gasteiger partial charge on any atom is 0.407 e. The standard InChI is InChI=1S/C16H28N4O5/c1-16(2,3)25-15(23)20-10-5-11(17-8-10)13(21)19-9-6-12(18-7-9)14(22)24-4/h9-12,17-18H,5-8H2,1-4H3,(H,19,21)(H,20,23)/t9-,10-,11+,12+/m0/s1. The summed E-state index contributed by atoms with van der Waals surface area (Å²) in [6.07, 6.45) is 0.511. The van der Waals surface area contributed by atoms with Crippen molar-refractivity contribution in [3.63, 3.8) is 0 Å². The summed E-state index contributed by atoms with van der Waals surface area (Å²) in [5, 5.41) is 11.8. The number of carbonyl (C=O) groups is 3. The molecule has 0 bridgehead atoms. The Morgan fingerprint density at radius 3 is 2.12 bits per heavy atom. The summed E-state index contributed by atoms with van der Waals surface area (Å²) in [4.78, 5) is 35.6. The second-order valence-electron chi connectivity index (χ2n) is 7.46. The zero-order valence-electron chi connectivity index (χ0n) is 15.2. The number of amides is 2. The third kappa shape index (κ3) is 5.86. The van der Waals surface area contributed by atoms with E-state index in [0.29, 0.717) is 25.9 Å². The van der Waals surface area contributed by atoms with Crippen molar-refractivity contribution in [2.45, 2.75) is 63.4 Å². The van der Waals surface area contributed by atoms with Gasteiger partial charge in [-0.2, -0.15) is 0 Å². The lowest BCUT2D eigenvalue weighted by molar-refractivity contribution is -0.142. The highest BCUT2D eigenvalue weighted by molar-refractivity contribution is 5.83. The van der Waals surface area contributed by atoms with Crippen molar-refractivity contribution >= 4 is 18.0 Å². The molecule has 0 aromatic rings. The molecule has 4 N–H and O–H groups in total. The molecule has 0 aliphatic carbocycles. The minimum absolute atomic E-state index is 0.115. The van der Waals surface area contributed by atoms with Crippen molar-refractivity contribution in [1.82, 2.24) is 21.3 Å².